The van der Waals surface area contributed by atoms with Crippen LogP contribution in [-0.4, -0.2) is 0 Å². The van der Waals surface area contributed by atoms with Crippen molar-refractivity contribution < 1.29 is 9.15 Å². The van der Waals surface area contributed by atoms with Gasteiger partial charge >= 0.3 is 0 Å². The summed E-state index contributed by atoms with van der Waals surface area (Å²) in [4.78, 5) is 11.8. The number of rotatable bonds is 3. The second kappa shape index (κ2) is 5.62. The predicted molar refractivity (Wildman–Crippen MR) is 83.0 cm³/mol. The molecule has 0 amide bonds. The Bertz CT molecular complexity index is 835. The van der Waals surface area contributed by atoms with Gasteiger partial charge in [-0.25, -0.2) is 0 Å². The molecule has 21 heavy (non-hydrogen) atoms. The molecule has 106 valence electrons. The fourth-order valence-electron chi connectivity index (χ4n) is 2.03. The third-order valence-corrected chi connectivity index (χ3v) is 3.49. The fraction of sp³-hybridized carbons (Fsp3) is 0.118. The molecule has 0 spiro atoms. The third kappa shape index (κ3) is 2.93. The molecule has 0 fully saturated rings. The Labute approximate surface area is 126 Å². The summed E-state index contributed by atoms with van der Waals surface area (Å²) in [5, 5.41) is 0.529. The summed E-state index contributed by atoms with van der Waals surface area (Å²) in [5.41, 5.74) is 2.52. The first-order chi connectivity index (χ1) is 10.1. The SMILES string of the molecule is Cc1ccc(COc2ccc3c(=O)c(Cl)coc3c2)cc1. The van der Waals surface area contributed by atoms with Gasteiger partial charge in [0.1, 0.15) is 29.2 Å². The number of aryl methyl sites for hydroxylation is 1. The van der Waals surface area contributed by atoms with Crippen LogP contribution in [0, 0.1) is 6.92 Å². The zero-order chi connectivity index (χ0) is 14.8. The van der Waals surface area contributed by atoms with E-state index in [1.807, 2.05) is 31.2 Å². The smallest absolute Gasteiger partial charge is 0.211 e. The monoisotopic (exact) mass is 300 g/mol. The second-order valence-electron chi connectivity index (χ2n) is 4.85. The summed E-state index contributed by atoms with van der Waals surface area (Å²) in [6, 6.07) is 13.2. The lowest BCUT2D eigenvalue weighted by Gasteiger charge is -2.07. The van der Waals surface area contributed by atoms with Gasteiger partial charge in [-0.3, -0.25) is 4.79 Å². The van der Waals surface area contributed by atoms with E-state index < -0.39 is 0 Å². The highest BCUT2D eigenvalue weighted by molar-refractivity contribution is 6.30. The normalized spacial score (nSPS) is 10.8. The molecule has 3 rings (SSSR count). The minimum atomic E-state index is -0.233. The van der Waals surface area contributed by atoms with E-state index in [1.165, 1.54) is 11.8 Å². The molecule has 3 aromatic rings. The van der Waals surface area contributed by atoms with Crippen molar-refractivity contribution in [1.29, 1.82) is 0 Å². The minimum absolute atomic E-state index is 0.0795. The van der Waals surface area contributed by atoms with Crippen molar-refractivity contribution in [1.82, 2.24) is 0 Å². The van der Waals surface area contributed by atoms with Crippen LogP contribution in [-0.2, 0) is 6.61 Å². The number of hydrogen-bond acceptors (Lipinski definition) is 3. The maximum Gasteiger partial charge on any atom is 0.211 e. The molecule has 1 aromatic heterocycles. The second-order valence-corrected chi connectivity index (χ2v) is 5.25. The summed E-state index contributed by atoms with van der Waals surface area (Å²) >= 11 is 5.74. The van der Waals surface area contributed by atoms with Gasteiger partial charge < -0.3 is 9.15 Å². The summed E-state index contributed by atoms with van der Waals surface area (Å²) in [6.45, 7) is 2.50. The minimum Gasteiger partial charge on any atom is -0.489 e. The molecule has 0 aliphatic heterocycles. The molecule has 0 aliphatic carbocycles. The zero-order valence-electron chi connectivity index (χ0n) is 11.4. The Morgan fingerprint density at radius 3 is 2.67 bits per heavy atom. The van der Waals surface area contributed by atoms with E-state index in [2.05, 4.69) is 0 Å². The molecule has 0 atom stereocenters. The van der Waals surface area contributed by atoms with E-state index in [0.29, 0.717) is 23.3 Å². The number of halogens is 1. The summed E-state index contributed by atoms with van der Waals surface area (Å²) in [7, 11) is 0. The summed E-state index contributed by atoms with van der Waals surface area (Å²) in [5.74, 6) is 0.647. The average Bonchev–Trinajstić information content (AvgIpc) is 2.50. The molecular formula is C17H13ClO3. The van der Waals surface area contributed by atoms with Crippen molar-refractivity contribution in [3.05, 3.63) is 75.1 Å². The molecule has 0 aliphatic rings. The van der Waals surface area contributed by atoms with Crippen molar-refractivity contribution in [2.75, 3.05) is 0 Å². The van der Waals surface area contributed by atoms with Crippen LogP contribution < -0.4 is 10.2 Å². The standard InChI is InChI=1S/C17H13ClO3/c1-11-2-4-12(5-3-11)9-20-13-6-7-14-16(8-13)21-10-15(18)17(14)19/h2-8,10H,9H2,1H3. The van der Waals surface area contributed by atoms with Crippen LogP contribution in [0.1, 0.15) is 11.1 Å². The highest BCUT2D eigenvalue weighted by atomic mass is 35.5. The predicted octanol–water partition coefficient (Wildman–Crippen LogP) is 4.33. The van der Waals surface area contributed by atoms with E-state index in [1.54, 1.807) is 18.2 Å². The quantitative estimate of drug-likeness (QED) is 0.722. The Kier molecular flexibility index (Phi) is 3.67. The van der Waals surface area contributed by atoms with Gasteiger partial charge in [0.25, 0.3) is 0 Å². The highest BCUT2D eigenvalue weighted by Crippen LogP contribution is 2.21. The lowest BCUT2D eigenvalue weighted by Crippen LogP contribution is -2.01. The van der Waals surface area contributed by atoms with Crippen LogP contribution in [0.15, 0.2) is 57.9 Å². The summed E-state index contributed by atoms with van der Waals surface area (Å²) in [6.07, 6.45) is 1.25. The van der Waals surface area contributed by atoms with E-state index in [0.717, 1.165) is 5.56 Å². The van der Waals surface area contributed by atoms with Gasteiger partial charge in [-0.2, -0.15) is 0 Å². The van der Waals surface area contributed by atoms with Crippen LogP contribution in [0.5, 0.6) is 5.75 Å². The van der Waals surface area contributed by atoms with Crippen LogP contribution in [0.25, 0.3) is 11.0 Å². The lowest BCUT2D eigenvalue weighted by atomic mass is 10.2. The molecular weight excluding hydrogens is 288 g/mol. The molecule has 3 nitrogen and oxygen atoms in total. The van der Waals surface area contributed by atoms with E-state index >= 15 is 0 Å². The number of hydrogen-bond donors (Lipinski definition) is 0. The van der Waals surface area contributed by atoms with E-state index in [9.17, 15) is 4.79 Å². The first-order valence-corrected chi connectivity index (χ1v) is 6.91. The maximum absolute atomic E-state index is 11.8. The molecule has 0 unspecified atom stereocenters. The molecule has 0 saturated heterocycles. The van der Waals surface area contributed by atoms with Crippen LogP contribution in [0.2, 0.25) is 5.02 Å². The van der Waals surface area contributed by atoms with Gasteiger partial charge in [-0.05, 0) is 24.6 Å². The van der Waals surface area contributed by atoms with Gasteiger partial charge in [-0.15, -0.1) is 0 Å². The molecule has 0 bridgehead atoms. The highest BCUT2D eigenvalue weighted by Gasteiger charge is 2.06. The molecule has 1 heterocycles. The zero-order valence-corrected chi connectivity index (χ0v) is 12.2. The van der Waals surface area contributed by atoms with Crippen LogP contribution in [0.4, 0.5) is 0 Å². The number of ether oxygens (including phenoxy) is 1. The fourth-order valence-corrected chi connectivity index (χ4v) is 2.17. The number of fused-ring (bicyclic) bond motifs is 1. The molecule has 0 N–H and O–H groups in total. The molecule has 4 heteroatoms. The van der Waals surface area contributed by atoms with Crippen LogP contribution in [0.3, 0.4) is 0 Å². The lowest BCUT2D eigenvalue weighted by molar-refractivity contribution is 0.306. The maximum atomic E-state index is 11.8. The van der Waals surface area contributed by atoms with Crippen molar-refractivity contribution in [2.45, 2.75) is 13.5 Å². The van der Waals surface area contributed by atoms with Gasteiger partial charge in [0.15, 0.2) is 0 Å². The van der Waals surface area contributed by atoms with E-state index in [4.69, 9.17) is 20.8 Å². The van der Waals surface area contributed by atoms with Crippen molar-refractivity contribution in [3.63, 3.8) is 0 Å². The van der Waals surface area contributed by atoms with Gasteiger partial charge in [0.05, 0.1) is 5.39 Å². The Morgan fingerprint density at radius 1 is 1.14 bits per heavy atom. The van der Waals surface area contributed by atoms with E-state index in [-0.39, 0.29) is 10.5 Å². The molecule has 2 aromatic carbocycles. The number of benzene rings is 2. The largest absolute Gasteiger partial charge is 0.489 e. The van der Waals surface area contributed by atoms with Crippen LogP contribution >= 0.6 is 11.6 Å². The topological polar surface area (TPSA) is 39.4 Å². The van der Waals surface area contributed by atoms with Crippen molar-refractivity contribution in [3.8, 4) is 5.75 Å². The Hall–Kier alpha value is -2.26. The van der Waals surface area contributed by atoms with Gasteiger partial charge in [-0.1, -0.05) is 41.4 Å². The average molecular weight is 301 g/mol. The van der Waals surface area contributed by atoms with Crippen molar-refractivity contribution in [2.24, 2.45) is 0 Å². The first kappa shape index (κ1) is 13.7. The third-order valence-electron chi connectivity index (χ3n) is 3.23. The molecule has 0 radical (unpaired) electrons. The molecule has 0 saturated carbocycles. The van der Waals surface area contributed by atoms with Gasteiger partial charge in [0.2, 0.25) is 5.43 Å². The first-order valence-electron chi connectivity index (χ1n) is 6.53. The Balaban J connectivity index is 1.83. The summed E-state index contributed by atoms with van der Waals surface area (Å²) < 4.78 is 11.0. The Morgan fingerprint density at radius 2 is 1.90 bits per heavy atom. The van der Waals surface area contributed by atoms with Crippen molar-refractivity contribution >= 4 is 22.6 Å². The van der Waals surface area contributed by atoms with Gasteiger partial charge in [0, 0.05) is 6.07 Å².